The third kappa shape index (κ3) is 8.73. The van der Waals surface area contributed by atoms with E-state index in [2.05, 4.69) is 18.3 Å². The fourth-order valence-corrected chi connectivity index (χ4v) is 5.29. The molecule has 4 rings (SSSR count). The zero-order valence-corrected chi connectivity index (χ0v) is 25.2. The number of nitrogens with one attached hydrogen (secondary N) is 1. The summed E-state index contributed by atoms with van der Waals surface area (Å²) in [7, 11) is 0. The fourth-order valence-electron chi connectivity index (χ4n) is 4.86. The molecule has 0 saturated heterocycles. The molecule has 1 amide bonds. The Morgan fingerprint density at radius 3 is 2.44 bits per heavy atom. The maximum absolute atomic E-state index is 13.3. The van der Waals surface area contributed by atoms with Gasteiger partial charge >= 0.3 is 5.97 Å². The average molecular weight is 603 g/mol. The summed E-state index contributed by atoms with van der Waals surface area (Å²) in [6.07, 6.45) is 2.78. The van der Waals surface area contributed by atoms with Crippen LogP contribution in [0.5, 0.6) is 0 Å². The molecule has 8 nitrogen and oxygen atoms in total. The number of rotatable bonds is 15. The Morgan fingerprint density at radius 1 is 1.00 bits per heavy atom. The van der Waals surface area contributed by atoms with Gasteiger partial charge in [0.2, 0.25) is 0 Å². The first-order valence-corrected chi connectivity index (χ1v) is 15.5. The van der Waals surface area contributed by atoms with E-state index in [9.17, 15) is 23.5 Å². The predicted molar refractivity (Wildman–Crippen MR) is 165 cm³/mol. The van der Waals surface area contributed by atoms with Crippen LogP contribution in [0, 0.1) is 6.92 Å². The Bertz CT molecular complexity index is 1560. The van der Waals surface area contributed by atoms with Crippen LogP contribution in [-0.2, 0) is 40.2 Å². The van der Waals surface area contributed by atoms with Crippen LogP contribution in [0.3, 0.4) is 0 Å². The van der Waals surface area contributed by atoms with Gasteiger partial charge in [0, 0.05) is 16.9 Å². The summed E-state index contributed by atoms with van der Waals surface area (Å²) in [6, 6.07) is 23.6. The molecule has 4 aromatic rings. The van der Waals surface area contributed by atoms with Crippen LogP contribution in [0.4, 0.5) is 0 Å². The van der Waals surface area contributed by atoms with Gasteiger partial charge in [-0.2, -0.15) is 0 Å². The van der Waals surface area contributed by atoms with Crippen LogP contribution in [0.15, 0.2) is 83.3 Å². The Morgan fingerprint density at radius 2 is 1.74 bits per heavy atom. The molecule has 0 aliphatic heterocycles. The number of ether oxygens (including phenoxy) is 1. The molecule has 1 aromatic heterocycles. The molecule has 2 unspecified atom stereocenters. The Kier molecular flexibility index (Phi) is 11.4. The molecule has 0 spiro atoms. The molecule has 0 radical (unpaired) electrons. The lowest BCUT2D eigenvalue weighted by Crippen LogP contribution is -2.41. The van der Waals surface area contributed by atoms with Crippen LogP contribution in [0.25, 0.3) is 22.5 Å². The molecule has 0 saturated carbocycles. The van der Waals surface area contributed by atoms with Crippen molar-refractivity contribution in [2.24, 2.45) is 0 Å². The van der Waals surface area contributed by atoms with E-state index in [-0.39, 0.29) is 31.0 Å². The van der Waals surface area contributed by atoms with Crippen LogP contribution in [0.2, 0.25) is 0 Å². The number of hydrogen-bond acceptors (Lipinski definition) is 6. The highest BCUT2D eigenvalue weighted by Gasteiger charge is 2.23. The minimum atomic E-state index is -2.42. The van der Waals surface area contributed by atoms with E-state index < -0.39 is 29.0 Å². The monoisotopic (exact) mass is 602 g/mol. The van der Waals surface area contributed by atoms with Gasteiger partial charge in [-0.3, -0.25) is 9.00 Å². The summed E-state index contributed by atoms with van der Waals surface area (Å²) in [6.45, 7) is 4.64. The molecule has 226 valence electrons. The van der Waals surface area contributed by atoms with Crippen LogP contribution >= 0.6 is 0 Å². The molecule has 0 fully saturated rings. The Hall–Kier alpha value is -4.05. The largest absolute Gasteiger partial charge is 0.772 e. The summed E-state index contributed by atoms with van der Waals surface area (Å²) in [4.78, 5) is 25.0. The molecule has 9 heteroatoms. The number of benzene rings is 3. The van der Waals surface area contributed by atoms with Gasteiger partial charge < -0.3 is 24.1 Å². The van der Waals surface area contributed by atoms with Crippen molar-refractivity contribution >= 4 is 23.0 Å². The summed E-state index contributed by atoms with van der Waals surface area (Å²) < 4.78 is 34.3. The quantitative estimate of drug-likeness (QED) is 0.150. The van der Waals surface area contributed by atoms with Crippen molar-refractivity contribution in [3.63, 3.8) is 0 Å². The fraction of sp³-hybridized carbons (Fsp3) is 0.294. The van der Waals surface area contributed by atoms with Gasteiger partial charge in [-0.25, -0.2) is 4.79 Å². The van der Waals surface area contributed by atoms with Crippen molar-refractivity contribution in [2.45, 2.75) is 58.8 Å². The number of hydrogen-bond donors (Lipinski definition) is 2. The van der Waals surface area contributed by atoms with Crippen molar-refractivity contribution in [3.05, 3.63) is 107 Å². The molecule has 1 heterocycles. The third-order valence-corrected chi connectivity index (χ3v) is 7.77. The Balaban J connectivity index is 1.55. The number of carbonyl (C=O) groups excluding carboxylic acids is 1. The maximum atomic E-state index is 13.3. The van der Waals surface area contributed by atoms with Crippen LogP contribution < -0.4 is 5.32 Å². The summed E-state index contributed by atoms with van der Waals surface area (Å²) in [5.74, 6) is -0.668. The van der Waals surface area contributed by atoms with Gasteiger partial charge in [0.05, 0.1) is 6.61 Å². The third-order valence-electron chi connectivity index (χ3n) is 7.20. The summed E-state index contributed by atoms with van der Waals surface area (Å²) in [5, 5.41) is 12.0. The minimum absolute atomic E-state index is 0.234. The second-order valence-corrected chi connectivity index (χ2v) is 11.4. The van der Waals surface area contributed by atoms with Gasteiger partial charge in [-0.05, 0) is 72.2 Å². The molecule has 2 atom stereocenters. The smallest absolute Gasteiger partial charge is 0.326 e. The number of carboxylic acids is 1. The topological polar surface area (TPSA) is 129 Å². The van der Waals surface area contributed by atoms with E-state index in [1.54, 1.807) is 12.1 Å². The predicted octanol–water partition coefficient (Wildman–Crippen LogP) is 6.43. The van der Waals surface area contributed by atoms with Crippen molar-refractivity contribution in [2.75, 3.05) is 5.75 Å². The maximum Gasteiger partial charge on any atom is 0.326 e. The number of furan rings is 1. The highest BCUT2D eigenvalue weighted by atomic mass is 32.2. The van der Waals surface area contributed by atoms with Gasteiger partial charge in [0.15, 0.2) is 0 Å². The van der Waals surface area contributed by atoms with E-state index in [4.69, 9.17) is 9.15 Å². The lowest BCUT2D eigenvalue weighted by molar-refractivity contribution is -0.139. The van der Waals surface area contributed by atoms with Crippen molar-refractivity contribution in [1.29, 1.82) is 0 Å². The number of carboxylic acid groups (broad SMARTS) is 1. The number of aryl methyl sites for hydroxylation is 2. The first kappa shape index (κ1) is 31.9. The van der Waals surface area contributed by atoms with E-state index in [1.807, 2.05) is 67.6 Å². The van der Waals surface area contributed by atoms with Gasteiger partial charge in [0.1, 0.15) is 24.2 Å². The Labute approximate surface area is 254 Å². The molecule has 3 aromatic carbocycles. The van der Waals surface area contributed by atoms with E-state index in [0.29, 0.717) is 5.56 Å². The highest BCUT2D eigenvalue weighted by Crippen LogP contribution is 2.30. The number of aliphatic carboxylic acids is 1. The van der Waals surface area contributed by atoms with Crippen molar-refractivity contribution < 1.29 is 32.6 Å². The molecule has 0 aliphatic rings. The molecule has 43 heavy (non-hydrogen) atoms. The molecular formula is C34H36NO7S-. The number of carbonyl (C=O) groups is 2. The first-order chi connectivity index (χ1) is 20.8. The SMILES string of the molecule is CCCCc1cc(-c2ccccc2)oc1COCc1ccc(C(=O)NC(CCS(=O)[O-])C(=O)O)c(-c2ccccc2C)c1. The van der Waals surface area contributed by atoms with Crippen molar-refractivity contribution in [3.8, 4) is 22.5 Å². The summed E-state index contributed by atoms with van der Waals surface area (Å²) >= 11 is -2.42. The zero-order valence-electron chi connectivity index (χ0n) is 24.3. The minimum Gasteiger partial charge on any atom is -0.772 e. The first-order valence-electron chi connectivity index (χ1n) is 14.3. The highest BCUT2D eigenvalue weighted by molar-refractivity contribution is 7.79. The number of unbranched alkanes of at least 4 members (excludes halogenated alkanes) is 1. The zero-order chi connectivity index (χ0) is 30.8. The van der Waals surface area contributed by atoms with E-state index in [0.717, 1.165) is 58.6 Å². The standard InChI is InChI=1S/C34H37NO7S/c1-3-4-11-26-20-31(25-12-6-5-7-13-25)42-32(26)22-41-21-24-15-16-28(29(19-24)27-14-9-8-10-23(27)2)33(36)35-30(34(37)38)17-18-43(39)40/h5-10,12-16,19-20,30H,3-4,11,17-18,21-22H2,1-2H3,(H,35,36)(H,37,38)(H,39,40)/p-1. The lowest BCUT2D eigenvalue weighted by atomic mass is 9.93. The van der Waals surface area contributed by atoms with Gasteiger partial charge in [-0.1, -0.05) is 85.1 Å². The molecular weight excluding hydrogens is 566 g/mol. The molecule has 0 aliphatic carbocycles. The van der Waals surface area contributed by atoms with Crippen molar-refractivity contribution in [1.82, 2.24) is 5.32 Å². The van der Waals surface area contributed by atoms with Crippen LogP contribution in [0.1, 0.15) is 59.0 Å². The van der Waals surface area contributed by atoms with Crippen LogP contribution in [-0.4, -0.2) is 37.5 Å². The molecule has 2 N–H and O–H groups in total. The van der Waals surface area contributed by atoms with E-state index >= 15 is 0 Å². The van der Waals surface area contributed by atoms with Gasteiger partial charge in [-0.15, -0.1) is 0 Å². The lowest BCUT2D eigenvalue weighted by Gasteiger charge is -2.18. The molecule has 0 bridgehead atoms. The van der Waals surface area contributed by atoms with Gasteiger partial charge in [0.25, 0.3) is 5.91 Å². The number of amides is 1. The second-order valence-electron chi connectivity index (χ2n) is 10.4. The average Bonchev–Trinajstić information content (AvgIpc) is 3.41. The second kappa shape index (κ2) is 15.4. The van der Waals surface area contributed by atoms with E-state index in [1.165, 1.54) is 0 Å². The normalized spacial score (nSPS) is 12.5. The summed E-state index contributed by atoms with van der Waals surface area (Å²) in [5.41, 5.74) is 5.64.